The summed E-state index contributed by atoms with van der Waals surface area (Å²) in [7, 11) is 2.08. The molecule has 0 aromatic rings. The summed E-state index contributed by atoms with van der Waals surface area (Å²) in [6, 6.07) is 1.57. The molecule has 0 bridgehead atoms. The maximum atomic E-state index is 11.8. The summed E-state index contributed by atoms with van der Waals surface area (Å²) in [5, 5.41) is 19.0. The van der Waals surface area contributed by atoms with Crippen LogP contribution < -0.4 is 26.6 Å². The fourth-order valence-corrected chi connectivity index (χ4v) is 9.56. The number of nitrogens with one attached hydrogen (secondary N) is 5. The zero-order chi connectivity index (χ0) is 28.8. The number of hydrogen-bond donors (Lipinski definition) is 5. The molecule has 0 aromatic heterocycles. The Morgan fingerprint density at radius 3 is 2.56 bits per heavy atom. The van der Waals surface area contributed by atoms with Crippen molar-refractivity contribution in [3.63, 3.8) is 0 Å². The van der Waals surface area contributed by atoms with Gasteiger partial charge in [0.15, 0.2) is 0 Å². The van der Waals surface area contributed by atoms with E-state index in [-0.39, 0.29) is 23.2 Å². The van der Waals surface area contributed by atoms with E-state index in [2.05, 4.69) is 71.1 Å². The van der Waals surface area contributed by atoms with E-state index in [0.29, 0.717) is 48.2 Å². The van der Waals surface area contributed by atoms with Gasteiger partial charge in [-0.05, 0) is 90.5 Å². The Morgan fingerprint density at radius 2 is 1.85 bits per heavy atom. The minimum atomic E-state index is -0.0895. The summed E-state index contributed by atoms with van der Waals surface area (Å²) in [6.45, 7) is 14.4. The maximum Gasteiger partial charge on any atom is 0.220 e. The van der Waals surface area contributed by atoms with Crippen molar-refractivity contribution in [1.82, 2.24) is 36.4 Å². The molecule has 41 heavy (non-hydrogen) atoms. The summed E-state index contributed by atoms with van der Waals surface area (Å²) < 4.78 is 6.58. The van der Waals surface area contributed by atoms with Crippen molar-refractivity contribution in [3.8, 4) is 0 Å². The van der Waals surface area contributed by atoms with Gasteiger partial charge >= 0.3 is 0 Å². The van der Waals surface area contributed by atoms with Crippen LogP contribution in [0.5, 0.6) is 0 Å². The first-order valence-corrected chi connectivity index (χ1v) is 17.1. The molecule has 1 amide bonds. The highest BCUT2D eigenvalue weighted by Crippen LogP contribution is 2.53. The van der Waals surface area contributed by atoms with Crippen LogP contribution >= 0.6 is 0 Å². The number of ether oxygens (including phenoxy) is 1. The van der Waals surface area contributed by atoms with Crippen LogP contribution in [0.1, 0.15) is 91.9 Å². The Kier molecular flexibility index (Phi) is 9.06. The van der Waals surface area contributed by atoms with Crippen LogP contribution in [0.25, 0.3) is 0 Å². The molecular formula is C32H59N7O2. The fourth-order valence-electron chi connectivity index (χ4n) is 9.56. The molecule has 0 aromatic carbocycles. The van der Waals surface area contributed by atoms with E-state index in [4.69, 9.17) is 4.74 Å². The van der Waals surface area contributed by atoms with Crippen LogP contribution in [0, 0.1) is 23.2 Å². The van der Waals surface area contributed by atoms with Gasteiger partial charge in [-0.1, -0.05) is 13.8 Å². The Balaban J connectivity index is 1.20. The number of hydrogen-bond acceptors (Lipinski definition) is 8. The second kappa shape index (κ2) is 12.3. The molecule has 5 saturated heterocycles. The molecular weight excluding hydrogens is 514 g/mol. The Labute approximate surface area is 249 Å². The van der Waals surface area contributed by atoms with Crippen molar-refractivity contribution in [1.29, 1.82) is 0 Å². The lowest BCUT2D eigenvalue weighted by atomic mass is 9.69. The van der Waals surface area contributed by atoms with Gasteiger partial charge in [0.1, 0.15) is 6.29 Å². The predicted octanol–water partition coefficient (Wildman–Crippen LogP) is 2.39. The van der Waals surface area contributed by atoms with Crippen molar-refractivity contribution in [2.75, 3.05) is 39.8 Å². The maximum absolute atomic E-state index is 11.8. The standard InChI is InChI=1S/C32H59N7O2/c1-6-14-38-19-25-29(37-30(38)36-23-12-10-21(11-13-23)22-15-28(40)34-17-22)39(27-9-7-8-24(35-27)18-33-5)26-16-31(2,3)41-20-32(25,26)4/h21-27,29-30,33,35-37H,6-20H2,1-5H3,(H,34,40)/t21?,22-,23?,24?,25?,26-,27?,29?,30?,32-/m0/s1. The first kappa shape index (κ1) is 30.2. The molecule has 0 radical (unpaired) electrons. The first-order valence-electron chi connectivity index (χ1n) is 17.1. The number of fused-ring (bicyclic) bond motifs is 3. The lowest BCUT2D eigenvalue weighted by Crippen LogP contribution is -2.71. The van der Waals surface area contributed by atoms with E-state index in [1.807, 2.05) is 0 Å². The summed E-state index contributed by atoms with van der Waals surface area (Å²) >= 11 is 0. The van der Waals surface area contributed by atoms with Crippen molar-refractivity contribution >= 4 is 5.91 Å². The monoisotopic (exact) mass is 573 g/mol. The highest BCUT2D eigenvalue weighted by molar-refractivity contribution is 5.78. The third-order valence-electron chi connectivity index (χ3n) is 11.9. The van der Waals surface area contributed by atoms with Gasteiger partial charge < -0.3 is 15.4 Å². The van der Waals surface area contributed by atoms with E-state index in [9.17, 15) is 4.79 Å². The molecule has 5 aliphatic heterocycles. The number of piperidine rings is 1. The van der Waals surface area contributed by atoms with Crippen LogP contribution in [-0.4, -0.2) is 97.9 Å². The molecule has 5 unspecified atom stereocenters. The Morgan fingerprint density at radius 1 is 1.05 bits per heavy atom. The summed E-state index contributed by atoms with van der Waals surface area (Å²) in [6.07, 6.45) is 12.6. The molecule has 5 heterocycles. The van der Waals surface area contributed by atoms with Gasteiger partial charge in [-0.25, -0.2) is 0 Å². The Bertz CT molecular complexity index is 908. The number of likely N-dealkylation sites (tertiary alicyclic amines) is 1. The number of amides is 1. The van der Waals surface area contributed by atoms with Gasteiger partial charge in [-0.15, -0.1) is 0 Å². The molecule has 0 spiro atoms. The zero-order valence-corrected chi connectivity index (χ0v) is 26.5. The largest absolute Gasteiger partial charge is 0.375 e. The smallest absolute Gasteiger partial charge is 0.220 e. The van der Waals surface area contributed by atoms with Crippen molar-refractivity contribution in [2.45, 2.75) is 134 Å². The molecule has 9 heteroatoms. The van der Waals surface area contributed by atoms with Crippen LogP contribution in [0.4, 0.5) is 0 Å². The van der Waals surface area contributed by atoms with Gasteiger partial charge in [-0.3, -0.25) is 30.5 Å². The van der Waals surface area contributed by atoms with Crippen LogP contribution in [-0.2, 0) is 9.53 Å². The lowest BCUT2D eigenvalue weighted by molar-refractivity contribution is -0.143. The second-order valence-electron chi connectivity index (χ2n) is 15.3. The quantitative estimate of drug-likeness (QED) is 0.302. The van der Waals surface area contributed by atoms with Crippen molar-refractivity contribution in [2.24, 2.45) is 23.2 Å². The highest BCUT2D eigenvalue weighted by atomic mass is 16.5. The molecule has 6 aliphatic rings. The molecule has 1 aliphatic carbocycles. The third kappa shape index (κ3) is 6.11. The molecule has 6 rings (SSSR count). The number of nitrogens with zero attached hydrogens (tertiary/aromatic N) is 2. The number of carbonyl (C=O) groups is 1. The highest BCUT2D eigenvalue weighted by Gasteiger charge is 2.63. The average molecular weight is 574 g/mol. The second-order valence-corrected chi connectivity index (χ2v) is 15.3. The third-order valence-corrected chi connectivity index (χ3v) is 11.9. The fraction of sp³-hybridized carbons (Fsp3) is 0.969. The average Bonchev–Trinajstić information content (AvgIpc) is 3.48. The molecule has 8 atom stereocenters. The van der Waals surface area contributed by atoms with Gasteiger partial charge in [0.05, 0.1) is 24.5 Å². The molecule has 9 nitrogen and oxygen atoms in total. The number of carbonyl (C=O) groups excluding carboxylic acids is 1. The topological polar surface area (TPSA) is 92.9 Å². The van der Waals surface area contributed by atoms with Crippen LogP contribution in [0.2, 0.25) is 0 Å². The van der Waals surface area contributed by atoms with Gasteiger partial charge in [0.2, 0.25) is 5.91 Å². The van der Waals surface area contributed by atoms with E-state index < -0.39 is 0 Å². The van der Waals surface area contributed by atoms with Crippen molar-refractivity contribution in [3.05, 3.63) is 0 Å². The molecule has 6 fully saturated rings. The van der Waals surface area contributed by atoms with E-state index >= 15 is 0 Å². The molecule has 234 valence electrons. The summed E-state index contributed by atoms with van der Waals surface area (Å²) in [5.74, 6) is 2.02. The van der Waals surface area contributed by atoms with E-state index in [1.54, 1.807) is 0 Å². The van der Waals surface area contributed by atoms with Gasteiger partial charge in [0.25, 0.3) is 0 Å². The number of rotatable bonds is 8. The summed E-state index contributed by atoms with van der Waals surface area (Å²) in [4.78, 5) is 17.4. The van der Waals surface area contributed by atoms with Crippen LogP contribution in [0.3, 0.4) is 0 Å². The SMILES string of the molecule is CCCN1CC2C(NC1NC1CCC([C@@H]3CNC(=O)C3)CC1)N(C1CCCC(CNC)N1)[C@H]1CC(C)(C)OC[C@@]21C. The zero-order valence-electron chi connectivity index (χ0n) is 26.5. The first-order chi connectivity index (χ1) is 19.7. The van der Waals surface area contributed by atoms with Gasteiger partial charge in [0, 0.05) is 62.1 Å². The molecule has 5 N–H and O–H groups in total. The number of likely N-dealkylation sites (N-methyl/N-ethyl adjacent to an activating group) is 1. The van der Waals surface area contributed by atoms with Gasteiger partial charge in [-0.2, -0.15) is 0 Å². The Hall–Kier alpha value is -0.810. The van der Waals surface area contributed by atoms with Crippen molar-refractivity contribution < 1.29 is 9.53 Å². The normalized spacial score (nSPS) is 45.3. The lowest BCUT2D eigenvalue weighted by Gasteiger charge is -2.50. The van der Waals surface area contributed by atoms with Crippen LogP contribution in [0.15, 0.2) is 0 Å². The molecule has 1 saturated carbocycles. The van der Waals surface area contributed by atoms with E-state index in [0.717, 1.165) is 52.0 Å². The minimum Gasteiger partial charge on any atom is -0.375 e. The van der Waals surface area contributed by atoms with E-state index in [1.165, 1.54) is 44.9 Å². The minimum absolute atomic E-state index is 0.0895. The predicted molar refractivity (Wildman–Crippen MR) is 163 cm³/mol. The summed E-state index contributed by atoms with van der Waals surface area (Å²) in [5.41, 5.74) is 0.0421.